The van der Waals surface area contributed by atoms with Crippen LogP contribution in [0.25, 0.3) is 0 Å². The second-order valence-corrected chi connectivity index (χ2v) is 1.22. The first-order chi connectivity index (χ1) is 2.00. The number of hydrogen-bond acceptors (Lipinski definition) is 4. The van der Waals surface area contributed by atoms with E-state index in [0.29, 0.717) is 0 Å². The van der Waals surface area contributed by atoms with Gasteiger partial charge in [0.2, 0.25) is 0 Å². The van der Waals surface area contributed by atoms with E-state index < -0.39 is 10.4 Å². The third kappa shape index (κ3) is 220. The molecule has 0 heterocycles. The molecule has 0 amide bonds. The van der Waals surface area contributed by atoms with Gasteiger partial charge in [-0.05, 0) is 0 Å². The van der Waals surface area contributed by atoms with Crippen molar-refractivity contribution in [1.29, 1.82) is 0 Å². The second kappa shape index (κ2) is 12.3. The molecule has 0 atom stereocenters. The fourth-order valence-corrected chi connectivity index (χ4v) is 0. The molecular weight excluding hydrogens is 195 g/mol. The van der Waals surface area contributed by atoms with Crippen molar-refractivity contribution >= 4 is 65.5 Å². The zero-order valence-corrected chi connectivity index (χ0v) is 8.51. The summed E-state index contributed by atoms with van der Waals surface area (Å²) >= 11 is 0. The average molecular weight is 199 g/mol. The Balaban J connectivity index is -0.0000000133. The van der Waals surface area contributed by atoms with E-state index in [-0.39, 0.29) is 66.1 Å². The molecule has 0 unspecified atom stereocenters. The van der Waals surface area contributed by atoms with Crippen LogP contribution in [0.5, 0.6) is 0 Å². The summed E-state index contributed by atoms with van der Waals surface area (Å²) in [5.41, 5.74) is 0. The van der Waals surface area contributed by atoms with Crippen LogP contribution in [0.4, 0.5) is 0 Å². The molecule has 0 aromatic carbocycles. The molecule has 5 radical (unpaired) electrons. The van der Waals surface area contributed by atoms with Crippen LogP contribution >= 0.6 is 0 Å². The van der Waals surface area contributed by atoms with E-state index in [1.165, 1.54) is 0 Å². The molecular formula is H4AlCaO6S-2. The van der Waals surface area contributed by atoms with Crippen LogP contribution in [0.3, 0.4) is 0 Å². The monoisotopic (exact) mass is 199 g/mol. The van der Waals surface area contributed by atoms with Gasteiger partial charge in [0.05, 0.1) is 0 Å². The third-order valence-corrected chi connectivity index (χ3v) is 0. The normalized spacial score (nSPS) is 6.44. The molecule has 0 aromatic rings. The summed E-state index contributed by atoms with van der Waals surface area (Å²) in [7, 11) is -5.17. The van der Waals surface area contributed by atoms with Gasteiger partial charge >= 0.3 is 0 Å². The molecule has 53 valence electrons. The minimum atomic E-state index is -5.17. The SMILES string of the molecule is O.O.O=S(=O)([O-])[O-].[Al].[Ca]. The molecule has 0 aliphatic rings. The zero-order valence-electron chi connectivity index (χ0n) is 4.33. The summed E-state index contributed by atoms with van der Waals surface area (Å²) in [5, 5.41) is 0. The molecule has 0 spiro atoms. The fraction of sp³-hybridized carbons (Fsp3) is 0. The van der Waals surface area contributed by atoms with Crippen LogP contribution < -0.4 is 0 Å². The quantitative estimate of drug-likeness (QED) is 0.224. The Hall–Kier alpha value is 1.58. The first-order valence-electron chi connectivity index (χ1n) is 0.667. The van der Waals surface area contributed by atoms with Gasteiger partial charge in [-0.15, -0.1) is 0 Å². The minimum Gasteiger partial charge on any atom is -0.759 e. The Morgan fingerprint density at radius 2 is 1.00 bits per heavy atom. The van der Waals surface area contributed by atoms with Crippen LogP contribution in [0.2, 0.25) is 0 Å². The maximum absolute atomic E-state index is 8.52. The molecule has 6 nitrogen and oxygen atoms in total. The summed E-state index contributed by atoms with van der Waals surface area (Å²) in [5.74, 6) is 0. The third-order valence-electron chi connectivity index (χ3n) is 0. The van der Waals surface area contributed by atoms with Gasteiger partial charge in [-0.1, -0.05) is 0 Å². The fourth-order valence-electron chi connectivity index (χ4n) is 0. The molecule has 9 heavy (non-hydrogen) atoms. The van der Waals surface area contributed by atoms with Crippen LogP contribution in [0, 0.1) is 0 Å². The molecule has 0 fully saturated rings. The van der Waals surface area contributed by atoms with Gasteiger partial charge in [-0.25, -0.2) is 0 Å². The van der Waals surface area contributed by atoms with Crippen molar-refractivity contribution in [2.24, 2.45) is 0 Å². The Morgan fingerprint density at radius 1 is 1.00 bits per heavy atom. The van der Waals surface area contributed by atoms with Crippen molar-refractivity contribution in [3.8, 4) is 0 Å². The maximum Gasteiger partial charge on any atom is 0.0311 e. The number of rotatable bonds is 0. The van der Waals surface area contributed by atoms with Crippen molar-refractivity contribution in [1.82, 2.24) is 0 Å². The van der Waals surface area contributed by atoms with Gasteiger partial charge in [-0.3, -0.25) is 8.42 Å². The first kappa shape index (κ1) is 31.2. The van der Waals surface area contributed by atoms with Crippen molar-refractivity contribution in [3.63, 3.8) is 0 Å². The summed E-state index contributed by atoms with van der Waals surface area (Å²) < 4.78 is 34.1. The molecule has 0 saturated heterocycles. The van der Waals surface area contributed by atoms with Gasteiger partial charge < -0.3 is 20.1 Å². The molecule has 9 heteroatoms. The molecule has 0 rings (SSSR count). The van der Waals surface area contributed by atoms with E-state index in [0.717, 1.165) is 0 Å². The topological polar surface area (TPSA) is 143 Å². The van der Waals surface area contributed by atoms with Gasteiger partial charge in [0.25, 0.3) is 0 Å². The first-order valence-corrected chi connectivity index (χ1v) is 2.00. The number of hydrogen-bond donors (Lipinski definition) is 0. The average Bonchev–Trinajstić information content (AvgIpc) is 0.722. The maximum atomic E-state index is 8.52. The molecule has 4 N–H and O–H groups in total. The van der Waals surface area contributed by atoms with Crippen molar-refractivity contribution in [2.45, 2.75) is 0 Å². The second-order valence-electron chi connectivity index (χ2n) is 0.408. The van der Waals surface area contributed by atoms with Gasteiger partial charge in [-0.2, -0.15) is 0 Å². The van der Waals surface area contributed by atoms with E-state index in [2.05, 4.69) is 0 Å². The molecule has 0 saturated carbocycles. The largest absolute Gasteiger partial charge is 0.759 e. The Bertz CT molecular complexity index is 96.2. The summed E-state index contributed by atoms with van der Waals surface area (Å²) in [6.07, 6.45) is 0. The Kier molecular flexibility index (Phi) is 42.5. The zero-order chi connectivity index (χ0) is 4.50. The van der Waals surface area contributed by atoms with Crippen LogP contribution in [-0.2, 0) is 10.4 Å². The van der Waals surface area contributed by atoms with E-state index in [9.17, 15) is 0 Å². The Labute approximate surface area is 93.0 Å². The predicted molar refractivity (Wildman–Crippen MR) is 29.2 cm³/mol. The molecule has 0 aliphatic heterocycles. The Morgan fingerprint density at radius 3 is 1.00 bits per heavy atom. The van der Waals surface area contributed by atoms with Crippen molar-refractivity contribution < 1.29 is 28.5 Å². The van der Waals surface area contributed by atoms with E-state index in [1.807, 2.05) is 0 Å². The minimum absolute atomic E-state index is 0. The molecule has 0 aromatic heterocycles. The molecule has 0 bridgehead atoms. The van der Waals surface area contributed by atoms with E-state index in [1.54, 1.807) is 0 Å². The van der Waals surface area contributed by atoms with Crippen LogP contribution in [0.15, 0.2) is 0 Å². The van der Waals surface area contributed by atoms with Crippen LogP contribution in [-0.4, -0.2) is 83.6 Å². The predicted octanol–water partition coefficient (Wildman–Crippen LogP) is -3.75. The molecule has 0 aliphatic carbocycles. The van der Waals surface area contributed by atoms with Gasteiger partial charge in [0.15, 0.2) is 0 Å². The van der Waals surface area contributed by atoms with Gasteiger partial charge in [0.1, 0.15) is 0 Å². The van der Waals surface area contributed by atoms with E-state index in [4.69, 9.17) is 17.5 Å². The smallest absolute Gasteiger partial charge is 0.0311 e. The van der Waals surface area contributed by atoms with Crippen LogP contribution in [0.1, 0.15) is 0 Å². The van der Waals surface area contributed by atoms with Crippen molar-refractivity contribution in [2.75, 3.05) is 0 Å². The standard InChI is InChI=1S/Al.Ca.H2O4S.2H2O/c;;1-5(2,3)4;;/h;;(H2,1,2,3,4);2*1H2/p-2. The van der Waals surface area contributed by atoms with E-state index >= 15 is 0 Å². The summed E-state index contributed by atoms with van der Waals surface area (Å²) in [6, 6.07) is 0. The summed E-state index contributed by atoms with van der Waals surface area (Å²) in [4.78, 5) is 0. The summed E-state index contributed by atoms with van der Waals surface area (Å²) in [6.45, 7) is 0. The van der Waals surface area contributed by atoms with Crippen molar-refractivity contribution in [3.05, 3.63) is 0 Å². The van der Waals surface area contributed by atoms with Gasteiger partial charge in [0, 0.05) is 65.5 Å².